The largest absolute Gasteiger partial charge is 0.355 e. The van der Waals surface area contributed by atoms with Crippen molar-refractivity contribution in [3.63, 3.8) is 0 Å². The Bertz CT molecular complexity index is 656. The number of rotatable bonds is 5. The van der Waals surface area contributed by atoms with Crippen molar-refractivity contribution in [3.8, 4) is 0 Å². The van der Waals surface area contributed by atoms with Gasteiger partial charge in [-0.1, -0.05) is 24.3 Å². The second-order valence-corrected chi connectivity index (χ2v) is 5.16. The fourth-order valence-corrected chi connectivity index (χ4v) is 2.23. The monoisotopic (exact) mass is 304 g/mol. The maximum Gasteiger partial charge on any atom is 0.251 e. The molecule has 2 rings (SSSR count). The average Bonchev–Trinajstić information content (AvgIpc) is 2.52. The standard InChI is InChI=1S/C17H18F2N2O/c1-20-17(22)13-8-6-12(7-9-13)10-21(2)11-14-4-3-5-15(18)16(14)19/h3-9H,10-11H2,1-2H3,(H,20,22). The molecular weight excluding hydrogens is 286 g/mol. The maximum absolute atomic E-state index is 13.6. The van der Waals surface area contributed by atoms with Gasteiger partial charge in [0.15, 0.2) is 11.6 Å². The van der Waals surface area contributed by atoms with Gasteiger partial charge in [-0.3, -0.25) is 9.69 Å². The fraction of sp³-hybridized carbons (Fsp3) is 0.235. The van der Waals surface area contributed by atoms with Crippen LogP contribution in [0.5, 0.6) is 0 Å². The van der Waals surface area contributed by atoms with Crippen LogP contribution in [0.25, 0.3) is 0 Å². The molecule has 0 radical (unpaired) electrons. The Labute approximate surface area is 128 Å². The second kappa shape index (κ2) is 7.13. The molecule has 0 heterocycles. The van der Waals surface area contributed by atoms with Crippen molar-refractivity contribution in [1.29, 1.82) is 0 Å². The van der Waals surface area contributed by atoms with Crippen LogP contribution in [0, 0.1) is 11.6 Å². The number of hydrogen-bond acceptors (Lipinski definition) is 2. The van der Waals surface area contributed by atoms with Crippen molar-refractivity contribution in [1.82, 2.24) is 10.2 Å². The molecule has 3 nitrogen and oxygen atoms in total. The number of carbonyl (C=O) groups is 1. The molecule has 1 amide bonds. The van der Waals surface area contributed by atoms with E-state index < -0.39 is 11.6 Å². The molecule has 0 fully saturated rings. The fourth-order valence-electron chi connectivity index (χ4n) is 2.23. The van der Waals surface area contributed by atoms with Crippen molar-refractivity contribution in [2.24, 2.45) is 0 Å². The van der Waals surface area contributed by atoms with Crippen molar-refractivity contribution < 1.29 is 13.6 Å². The second-order valence-electron chi connectivity index (χ2n) is 5.16. The van der Waals surface area contributed by atoms with Crippen LogP contribution >= 0.6 is 0 Å². The van der Waals surface area contributed by atoms with Gasteiger partial charge in [0, 0.05) is 31.3 Å². The summed E-state index contributed by atoms with van der Waals surface area (Å²) >= 11 is 0. The molecule has 0 saturated heterocycles. The summed E-state index contributed by atoms with van der Waals surface area (Å²) in [7, 11) is 3.41. The Morgan fingerprint density at radius 1 is 1.09 bits per heavy atom. The zero-order valence-corrected chi connectivity index (χ0v) is 12.6. The van der Waals surface area contributed by atoms with E-state index in [-0.39, 0.29) is 5.91 Å². The van der Waals surface area contributed by atoms with Crippen LogP contribution in [0.3, 0.4) is 0 Å². The number of amides is 1. The van der Waals surface area contributed by atoms with Gasteiger partial charge in [0.2, 0.25) is 0 Å². The number of nitrogens with zero attached hydrogens (tertiary/aromatic N) is 1. The predicted molar refractivity (Wildman–Crippen MR) is 81.4 cm³/mol. The van der Waals surface area contributed by atoms with E-state index in [2.05, 4.69) is 5.32 Å². The van der Waals surface area contributed by atoms with Gasteiger partial charge in [-0.05, 0) is 30.8 Å². The summed E-state index contributed by atoms with van der Waals surface area (Å²) in [5, 5.41) is 2.56. The number of nitrogens with one attached hydrogen (secondary N) is 1. The van der Waals surface area contributed by atoms with E-state index in [1.807, 2.05) is 24.1 Å². The molecule has 0 aliphatic carbocycles. The van der Waals surface area contributed by atoms with Crippen LogP contribution in [0.4, 0.5) is 8.78 Å². The number of benzene rings is 2. The van der Waals surface area contributed by atoms with E-state index in [1.165, 1.54) is 6.07 Å². The summed E-state index contributed by atoms with van der Waals surface area (Å²) in [4.78, 5) is 13.3. The average molecular weight is 304 g/mol. The first kappa shape index (κ1) is 16.1. The first-order valence-electron chi connectivity index (χ1n) is 6.93. The lowest BCUT2D eigenvalue weighted by Crippen LogP contribution is -2.19. The van der Waals surface area contributed by atoms with Crippen LogP contribution in [0.2, 0.25) is 0 Å². The first-order valence-corrected chi connectivity index (χ1v) is 6.93. The van der Waals surface area contributed by atoms with E-state index >= 15 is 0 Å². The molecule has 116 valence electrons. The minimum Gasteiger partial charge on any atom is -0.355 e. The third-order valence-corrected chi connectivity index (χ3v) is 3.37. The van der Waals surface area contributed by atoms with Gasteiger partial charge in [-0.25, -0.2) is 8.78 Å². The van der Waals surface area contributed by atoms with Crippen molar-refractivity contribution in [2.75, 3.05) is 14.1 Å². The lowest BCUT2D eigenvalue weighted by molar-refractivity contribution is 0.0963. The third kappa shape index (κ3) is 3.89. The van der Waals surface area contributed by atoms with Gasteiger partial charge in [0.25, 0.3) is 5.91 Å². The molecule has 0 aliphatic heterocycles. The van der Waals surface area contributed by atoms with Gasteiger partial charge in [-0.15, -0.1) is 0 Å². The Balaban J connectivity index is 2.01. The smallest absolute Gasteiger partial charge is 0.251 e. The summed E-state index contributed by atoms with van der Waals surface area (Å²) in [6, 6.07) is 11.4. The quantitative estimate of drug-likeness (QED) is 0.921. The third-order valence-electron chi connectivity index (χ3n) is 3.37. The number of hydrogen-bond donors (Lipinski definition) is 1. The van der Waals surface area contributed by atoms with Gasteiger partial charge in [0.1, 0.15) is 0 Å². The van der Waals surface area contributed by atoms with Crippen LogP contribution < -0.4 is 5.32 Å². The molecule has 2 aromatic rings. The van der Waals surface area contributed by atoms with E-state index in [4.69, 9.17) is 0 Å². The molecule has 0 aromatic heterocycles. The van der Waals surface area contributed by atoms with Gasteiger partial charge >= 0.3 is 0 Å². The van der Waals surface area contributed by atoms with Gasteiger partial charge in [0.05, 0.1) is 0 Å². The molecular formula is C17H18F2N2O. The van der Waals surface area contributed by atoms with E-state index in [0.717, 1.165) is 11.6 Å². The molecule has 0 spiro atoms. The highest BCUT2D eigenvalue weighted by Crippen LogP contribution is 2.15. The van der Waals surface area contributed by atoms with Crippen LogP contribution in [0.15, 0.2) is 42.5 Å². The van der Waals surface area contributed by atoms with E-state index in [9.17, 15) is 13.6 Å². The summed E-state index contributed by atoms with van der Waals surface area (Å²) in [6.07, 6.45) is 0. The minimum absolute atomic E-state index is 0.137. The minimum atomic E-state index is -0.833. The number of carbonyl (C=O) groups excluding carboxylic acids is 1. The van der Waals surface area contributed by atoms with Crippen molar-refractivity contribution >= 4 is 5.91 Å². The summed E-state index contributed by atoms with van der Waals surface area (Å²) in [5.41, 5.74) is 1.90. The normalized spacial score (nSPS) is 10.8. The molecule has 0 bridgehead atoms. The molecule has 22 heavy (non-hydrogen) atoms. The molecule has 0 atom stereocenters. The van der Waals surface area contributed by atoms with Crippen molar-refractivity contribution in [3.05, 3.63) is 70.8 Å². The molecule has 1 N–H and O–H groups in total. The molecule has 2 aromatic carbocycles. The van der Waals surface area contributed by atoms with Crippen molar-refractivity contribution in [2.45, 2.75) is 13.1 Å². The topological polar surface area (TPSA) is 32.3 Å². The molecule has 0 aliphatic rings. The Hall–Kier alpha value is -2.27. The van der Waals surface area contributed by atoms with E-state index in [1.54, 1.807) is 25.2 Å². The van der Waals surface area contributed by atoms with Gasteiger partial charge < -0.3 is 5.32 Å². The Morgan fingerprint density at radius 3 is 2.41 bits per heavy atom. The molecule has 5 heteroatoms. The zero-order valence-electron chi connectivity index (χ0n) is 12.6. The summed E-state index contributed by atoms with van der Waals surface area (Å²) in [5.74, 6) is -1.77. The number of halogens is 2. The summed E-state index contributed by atoms with van der Waals surface area (Å²) in [6.45, 7) is 0.880. The van der Waals surface area contributed by atoms with E-state index in [0.29, 0.717) is 24.2 Å². The lowest BCUT2D eigenvalue weighted by Gasteiger charge is -2.17. The van der Waals surface area contributed by atoms with Crippen LogP contribution in [-0.2, 0) is 13.1 Å². The van der Waals surface area contributed by atoms with Gasteiger partial charge in [-0.2, -0.15) is 0 Å². The lowest BCUT2D eigenvalue weighted by atomic mass is 10.1. The SMILES string of the molecule is CNC(=O)c1ccc(CN(C)Cc2cccc(F)c2F)cc1. The van der Waals surface area contributed by atoms with Crippen LogP contribution in [0.1, 0.15) is 21.5 Å². The first-order chi connectivity index (χ1) is 10.5. The molecule has 0 unspecified atom stereocenters. The highest BCUT2D eigenvalue weighted by Gasteiger charge is 2.10. The summed E-state index contributed by atoms with van der Waals surface area (Å²) < 4.78 is 26.8. The highest BCUT2D eigenvalue weighted by molar-refractivity contribution is 5.93. The highest BCUT2D eigenvalue weighted by atomic mass is 19.2. The maximum atomic E-state index is 13.6. The Kier molecular flexibility index (Phi) is 5.22. The predicted octanol–water partition coefficient (Wildman–Crippen LogP) is 2.96. The molecule has 0 saturated carbocycles. The van der Waals surface area contributed by atoms with Crippen LogP contribution in [-0.4, -0.2) is 24.9 Å². The Morgan fingerprint density at radius 2 is 1.77 bits per heavy atom. The zero-order chi connectivity index (χ0) is 16.1.